The number of carbonyl (C=O) groups is 1. The second kappa shape index (κ2) is 3.19. The summed E-state index contributed by atoms with van der Waals surface area (Å²) in [6.45, 7) is 3.50. The summed E-state index contributed by atoms with van der Waals surface area (Å²) in [5.74, 6) is 0.0750. The lowest BCUT2D eigenvalue weighted by Gasteiger charge is -2.07. The van der Waals surface area contributed by atoms with Crippen molar-refractivity contribution in [2.24, 2.45) is 0 Å². The van der Waals surface area contributed by atoms with Crippen LogP contribution in [0.2, 0.25) is 0 Å². The van der Waals surface area contributed by atoms with Crippen LogP contribution in [0.15, 0.2) is 36.1 Å². The smallest absolute Gasteiger partial charge is 0.166 e. The minimum Gasteiger partial charge on any atom is -0.508 e. The number of allylic oxidation sites excluding steroid dienone is 4. The Morgan fingerprint density at radius 1 is 1.73 bits per heavy atom. The van der Waals surface area contributed by atoms with Crippen molar-refractivity contribution in [3.8, 4) is 0 Å². The summed E-state index contributed by atoms with van der Waals surface area (Å²) in [5, 5.41) is 9.19. The number of hydrogen-bond donors (Lipinski definition) is 1. The highest BCUT2D eigenvalue weighted by molar-refractivity contribution is 5.98. The number of aliphatic hydroxyl groups is 1. The van der Waals surface area contributed by atoms with Gasteiger partial charge in [-0.2, -0.15) is 0 Å². The molecule has 2 heteroatoms. The molecular formula is C9H10O2. The van der Waals surface area contributed by atoms with E-state index in [0.29, 0.717) is 18.4 Å². The second-order valence-electron chi connectivity index (χ2n) is 2.39. The number of aliphatic hydroxyl groups excluding tert-OH is 1. The van der Waals surface area contributed by atoms with Gasteiger partial charge in [-0.15, -0.1) is 6.58 Å². The van der Waals surface area contributed by atoms with Crippen LogP contribution in [-0.2, 0) is 4.79 Å². The highest BCUT2D eigenvalue weighted by atomic mass is 16.3. The van der Waals surface area contributed by atoms with E-state index in [9.17, 15) is 9.90 Å². The molecule has 2 nitrogen and oxygen atoms in total. The van der Waals surface area contributed by atoms with E-state index in [2.05, 4.69) is 6.58 Å². The van der Waals surface area contributed by atoms with Crippen LogP contribution in [0.4, 0.5) is 0 Å². The molecular weight excluding hydrogens is 140 g/mol. The maximum Gasteiger partial charge on any atom is 0.166 e. The van der Waals surface area contributed by atoms with Gasteiger partial charge < -0.3 is 5.11 Å². The van der Waals surface area contributed by atoms with E-state index in [1.165, 1.54) is 0 Å². The standard InChI is InChI=1S/C9H10O2/c1-2-4-7-8(10)5-3-6-9(7)11/h2-3,5,10H,1,4,6H2. The van der Waals surface area contributed by atoms with E-state index in [1.807, 2.05) is 0 Å². The van der Waals surface area contributed by atoms with E-state index < -0.39 is 0 Å². The van der Waals surface area contributed by atoms with Crippen LogP contribution in [0, 0.1) is 0 Å². The quantitative estimate of drug-likeness (QED) is 0.610. The van der Waals surface area contributed by atoms with Gasteiger partial charge in [0.1, 0.15) is 5.76 Å². The summed E-state index contributed by atoms with van der Waals surface area (Å²) in [6, 6.07) is 0. The second-order valence-corrected chi connectivity index (χ2v) is 2.39. The molecule has 0 aromatic rings. The maximum absolute atomic E-state index is 11.1. The topological polar surface area (TPSA) is 37.3 Å². The number of Topliss-reactive ketones (excluding diaryl/α,β-unsaturated/α-hetero) is 1. The van der Waals surface area contributed by atoms with Crippen molar-refractivity contribution in [2.75, 3.05) is 0 Å². The number of hydrogen-bond acceptors (Lipinski definition) is 2. The lowest BCUT2D eigenvalue weighted by Crippen LogP contribution is -2.06. The molecule has 0 radical (unpaired) electrons. The SMILES string of the molecule is C=CCC1=C(O)C=CCC1=O. The van der Waals surface area contributed by atoms with Crippen molar-refractivity contribution in [1.29, 1.82) is 0 Å². The van der Waals surface area contributed by atoms with Crippen LogP contribution in [0.25, 0.3) is 0 Å². The zero-order chi connectivity index (χ0) is 8.27. The monoisotopic (exact) mass is 150 g/mol. The van der Waals surface area contributed by atoms with Gasteiger partial charge in [0.05, 0.1) is 0 Å². The summed E-state index contributed by atoms with van der Waals surface area (Å²) < 4.78 is 0. The summed E-state index contributed by atoms with van der Waals surface area (Å²) in [7, 11) is 0. The van der Waals surface area contributed by atoms with Gasteiger partial charge in [0.15, 0.2) is 5.78 Å². The zero-order valence-corrected chi connectivity index (χ0v) is 6.21. The third-order valence-electron chi connectivity index (χ3n) is 1.57. The molecule has 0 atom stereocenters. The van der Waals surface area contributed by atoms with Gasteiger partial charge >= 0.3 is 0 Å². The van der Waals surface area contributed by atoms with E-state index in [1.54, 1.807) is 18.2 Å². The summed E-state index contributed by atoms with van der Waals surface area (Å²) >= 11 is 0. The Balaban J connectivity index is 2.90. The number of carbonyl (C=O) groups excluding carboxylic acids is 1. The van der Waals surface area contributed by atoms with Crippen LogP contribution in [0.1, 0.15) is 12.8 Å². The van der Waals surface area contributed by atoms with Gasteiger partial charge in [0, 0.05) is 12.0 Å². The van der Waals surface area contributed by atoms with Crippen LogP contribution in [0.5, 0.6) is 0 Å². The van der Waals surface area contributed by atoms with E-state index in [0.717, 1.165) is 0 Å². The van der Waals surface area contributed by atoms with Gasteiger partial charge in [-0.25, -0.2) is 0 Å². The molecule has 0 heterocycles. The lowest BCUT2D eigenvalue weighted by molar-refractivity contribution is -0.115. The van der Waals surface area contributed by atoms with Crippen LogP contribution < -0.4 is 0 Å². The van der Waals surface area contributed by atoms with Gasteiger partial charge in [0.2, 0.25) is 0 Å². The fourth-order valence-corrected chi connectivity index (χ4v) is 1.01. The van der Waals surface area contributed by atoms with E-state index in [-0.39, 0.29) is 11.5 Å². The Morgan fingerprint density at radius 2 is 2.45 bits per heavy atom. The van der Waals surface area contributed by atoms with Crippen molar-refractivity contribution >= 4 is 5.78 Å². The molecule has 0 unspecified atom stereocenters. The Morgan fingerprint density at radius 3 is 3.00 bits per heavy atom. The Bertz CT molecular complexity index is 246. The average molecular weight is 150 g/mol. The van der Waals surface area contributed by atoms with Crippen molar-refractivity contribution in [3.05, 3.63) is 36.1 Å². The first-order chi connectivity index (χ1) is 5.25. The molecule has 58 valence electrons. The first-order valence-electron chi connectivity index (χ1n) is 3.48. The summed E-state index contributed by atoms with van der Waals surface area (Å²) in [4.78, 5) is 11.1. The van der Waals surface area contributed by atoms with Crippen LogP contribution >= 0.6 is 0 Å². The highest BCUT2D eigenvalue weighted by Gasteiger charge is 2.14. The molecule has 0 aromatic carbocycles. The molecule has 11 heavy (non-hydrogen) atoms. The third kappa shape index (κ3) is 1.58. The largest absolute Gasteiger partial charge is 0.508 e. The molecule has 1 aliphatic rings. The molecule has 0 spiro atoms. The first kappa shape index (κ1) is 7.79. The van der Waals surface area contributed by atoms with Gasteiger partial charge in [-0.3, -0.25) is 4.79 Å². The molecule has 0 fully saturated rings. The molecule has 0 bridgehead atoms. The minimum atomic E-state index is -0.00935. The fraction of sp³-hybridized carbons (Fsp3) is 0.222. The maximum atomic E-state index is 11.1. The van der Waals surface area contributed by atoms with Crippen molar-refractivity contribution in [3.63, 3.8) is 0 Å². The molecule has 0 aromatic heterocycles. The summed E-state index contributed by atoms with van der Waals surface area (Å²) in [6.07, 6.45) is 5.68. The predicted molar refractivity (Wildman–Crippen MR) is 43.2 cm³/mol. The molecule has 0 saturated carbocycles. The average Bonchev–Trinajstić information content (AvgIpc) is 1.97. The van der Waals surface area contributed by atoms with Crippen molar-refractivity contribution in [2.45, 2.75) is 12.8 Å². The fourth-order valence-electron chi connectivity index (χ4n) is 1.01. The molecule has 0 aliphatic heterocycles. The minimum absolute atomic E-state index is 0.00935. The van der Waals surface area contributed by atoms with Gasteiger partial charge in [0.25, 0.3) is 0 Å². The lowest BCUT2D eigenvalue weighted by atomic mass is 9.99. The van der Waals surface area contributed by atoms with Crippen molar-refractivity contribution in [1.82, 2.24) is 0 Å². The Hall–Kier alpha value is -1.31. The molecule has 0 saturated heterocycles. The van der Waals surface area contributed by atoms with E-state index >= 15 is 0 Å². The zero-order valence-electron chi connectivity index (χ0n) is 6.21. The van der Waals surface area contributed by atoms with Crippen molar-refractivity contribution < 1.29 is 9.90 Å². The molecule has 1 rings (SSSR count). The predicted octanol–water partition coefficient (Wildman–Crippen LogP) is 1.90. The number of rotatable bonds is 2. The molecule has 1 N–H and O–H groups in total. The normalized spacial score (nSPS) is 17.3. The van der Waals surface area contributed by atoms with Gasteiger partial charge in [-0.05, 0) is 12.5 Å². The van der Waals surface area contributed by atoms with Crippen LogP contribution in [0.3, 0.4) is 0 Å². The Labute approximate surface area is 65.5 Å². The highest BCUT2D eigenvalue weighted by Crippen LogP contribution is 2.16. The third-order valence-corrected chi connectivity index (χ3v) is 1.57. The molecule has 1 aliphatic carbocycles. The van der Waals surface area contributed by atoms with Gasteiger partial charge in [-0.1, -0.05) is 12.2 Å². The first-order valence-corrected chi connectivity index (χ1v) is 3.48. The van der Waals surface area contributed by atoms with E-state index in [4.69, 9.17) is 0 Å². The Kier molecular flexibility index (Phi) is 2.26. The number of ketones is 1. The van der Waals surface area contributed by atoms with Crippen LogP contribution in [-0.4, -0.2) is 10.9 Å². The summed E-state index contributed by atoms with van der Waals surface area (Å²) in [5.41, 5.74) is 0.475. The molecule has 0 amide bonds.